The summed E-state index contributed by atoms with van der Waals surface area (Å²) in [5, 5.41) is 2.57. The first-order chi connectivity index (χ1) is 14.5. The summed E-state index contributed by atoms with van der Waals surface area (Å²) < 4.78 is 86.4. The van der Waals surface area contributed by atoms with Crippen molar-refractivity contribution in [2.24, 2.45) is 0 Å². The Balaban J connectivity index is 2.05. The molecular formula is C21H24F3NO5S2. The molecule has 1 amide bonds. The van der Waals surface area contributed by atoms with Gasteiger partial charge in [-0.25, -0.2) is 16.8 Å². The van der Waals surface area contributed by atoms with E-state index in [4.69, 9.17) is 0 Å². The summed E-state index contributed by atoms with van der Waals surface area (Å²) in [6, 6.07) is 9.46. The van der Waals surface area contributed by atoms with Gasteiger partial charge in [-0.1, -0.05) is 18.2 Å². The summed E-state index contributed by atoms with van der Waals surface area (Å²) >= 11 is 0. The molecule has 32 heavy (non-hydrogen) atoms. The van der Waals surface area contributed by atoms with Crippen LogP contribution in [0.2, 0.25) is 0 Å². The Morgan fingerprint density at radius 3 is 2.12 bits per heavy atom. The van der Waals surface area contributed by atoms with E-state index in [1.165, 1.54) is 32.0 Å². The Bertz CT molecular complexity index is 1200. The summed E-state index contributed by atoms with van der Waals surface area (Å²) in [5.41, 5.74) is -0.583. The molecule has 0 saturated heterocycles. The first-order valence-corrected chi connectivity index (χ1v) is 12.9. The van der Waals surface area contributed by atoms with E-state index in [1.807, 2.05) is 0 Å². The van der Waals surface area contributed by atoms with Crippen molar-refractivity contribution in [1.82, 2.24) is 5.32 Å². The van der Waals surface area contributed by atoms with E-state index in [1.54, 1.807) is 6.07 Å². The highest BCUT2D eigenvalue weighted by Gasteiger charge is 2.37. The lowest BCUT2D eigenvalue weighted by Crippen LogP contribution is -2.37. The molecule has 0 spiro atoms. The van der Waals surface area contributed by atoms with Crippen molar-refractivity contribution in [3.05, 3.63) is 59.7 Å². The van der Waals surface area contributed by atoms with Crippen LogP contribution >= 0.6 is 0 Å². The molecule has 0 radical (unpaired) electrons. The van der Waals surface area contributed by atoms with E-state index in [2.05, 4.69) is 5.32 Å². The lowest BCUT2D eigenvalue weighted by molar-refractivity contribution is -0.137. The maximum absolute atomic E-state index is 12.9. The maximum Gasteiger partial charge on any atom is 0.416 e. The number of rotatable bonds is 8. The third-order valence-corrected chi connectivity index (χ3v) is 8.58. The number of carbonyl (C=O) groups excluding carboxylic acids is 1. The van der Waals surface area contributed by atoms with Gasteiger partial charge >= 0.3 is 6.18 Å². The number of nitrogens with one attached hydrogen (secondary N) is 1. The molecule has 176 valence electrons. The minimum atomic E-state index is -4.67. The Kier molecular flexibility index (Phi) is 7.45. The summed E-state index contributed by atoms with van der Waals surface area (Å²) in [5.74, 6) is -0.442. The molecule has 2 aromatic carbocycles. The van der Waals surface area contributed by atoms with Gasteiger partial charge in [0.25, 0.3) is 0 Å². The van der Waals surface area contributed by atoms with Crippen molar-refractivity contribution >= 4 is 25.6 Å². The second-order valence-corrected chi connectivity index (χ2v) is 12.6. The number of halogens is 3. The van der Waals surface area contributed by atoms with Crippen molar-refractivity contribution in [1.29, 1.82) is 0 Å². The van der Waals surface area contributed by atoms with Crippen LogP contribution in [0, 0.1) is 0 Å². The highest BCUT2D eigenvalue weighted by molar-refractivity contribution is 7.92. The maximum atomic E-state index is 12.9. The second-order valence-electron chi connectivity index (χ2n) is 7.99. The molecule has 0 aromatic heterocycles. The topological polar surface area (TPSA) is 97.4 Å². The molecule has 0 aliphatic carbocycles. The lowest BCUT2D eigenvalue weighted by atomic mass is 10.1. The SMILES string of the molecule is CC(C)(CCNC(=O)Cc1cccc(S(C)(=O)=O)c1)S(=O)(=O)c1cccc(C(F)(F)F)c1. The van der Waals surface area contributed by atoms with Crippen molar-refractivity contribution in [2.75, 3.05) is 12.8 Å². The predicted octanol–water partition coefficient (Wildman–Crippen LogP) is 3.41. The molecule has 0 saturated carbocycles. The standard InChI is InChI=1S/C21H24F3NO5S2/c1-20(2,32(29,30)18-9-5-7-16(14-18)21(22,23)24)10-11-25-19(26)13-15-6-4-8-17(12-15)31(3,27)28/h4-9,12,14H,10-11,13H2,1-3H3,(H,25,26). The Morgan fingerprint density at radius 2 is 1.53 bits per heavy atom. The second kappa shape index (κ2) is 9.22. The van der Waals surface area contributed by atoms with Gasteiger partial charge in [-0.2, -0.15) is 13.2 Å². The summed E-state index contributed by atoms with van der Waals surface area (Å²) in [6.07, 6.45) is -3.76. The average Bonchev–Trinajstić information content (AvgIpc) is 2.66. The third-order valence-electron chi connectivity index (χ3n) is 4.94. The lowest BCUT2D eigenvalue weighted by Gasteiger charge is -2.25. The van der Waals surface area contributed by atoms with Gasteiger partial charge in [0.15, 0.2) is 19.7 Å². The molecule has 2 rings (SSSR count). The third kappa shape index (κ3) is 6.32. The van der Waals surface area contributed by atoms with Crippen molar-refractivity contribution in [3.8, 4) is 0 Å². The highest BCUT2D eigenvalue weighted by Crippen LogP contribution is 2.34. The monoisotopic (exact) mass is 491 g/mol. The zero-order valence-corrected chi connectivity index (χ0v) is 19.4. The molecule has 0 bridgehead atoms. The Morgan fingerprint density at radius 1 is 0.938 bits per heavy atom. The molecule has 0 fully saturated rings. The first-order valence-electron chi connectivity index (χ1n) is 9.52. The molecule has 2 aromatic rings. The molecule has 11 heteroatoms. The van der Waals surface area contributed by atoms with E-state index in [9.17, 15) is 34.8 Å². The molecule has 0 atom stereocenters. The number of carbonyl (C=O) groups is 1. The van der Waals surface area contributed by atoms with Gasteiger partial charge in [-0.3, -0.25) is 4.79 Å². The molecule has 0 heterocycles. The summed E-state index contributed by atoms with van der Waals surface area (Å²) in [7, 11) is -7.54. The van der Waals surface area contributed by atoms with Gasteiger partial charge < -0.3 is 5.32 Å². The van der Waals surface area contributed by atoms with Crippen LogP contribution in [0.15, 0.2) is 58.3 Å². The van der Waals surface area contributed by atoms with Crippen molar-refractivity contribution in [3.63, 3.8) is 0 Å². The molecule has 0 aliphatic heterocycles. The fourth-order valence-electron chi connectivity index (χ4n) is 2.93. The first kappa shape index (κ1) is 25.9. The molecular weight excluding hydrogens is 467 g/mol. The summed E-state index contributed by atoms with van der Waals surface area (Å²) in [6.45, 7) is 2.73. The number of sulfone groups is 2. The van der Waals surface area contributed by atoms with Crippen LogP contribution < -0.4 is 5.32 Å². The molecule has 6 nitrogen and oxygen atoms in total. The van der Waals surface area contributed by atoms with Crippen LogP contribution in [-0.2, 0) is 37.1 Å². The number of benzene rings is 2. The number of hydrogen-bond acceptors (Lipinski definition) is 5. The minimum absolute atomic E-state index is 0.0320. The van der Waals surface area contributed by atoms with Gasteiger partial charge in [-0.05, 0) is 56.2 Å². The van der Waals surface area contributed by atoms with Gasteiger partial charge in [0.2, 0.25) is 5.91 Å². The van der Waals surface area contributed by atoms with Gasteiger partial charge in [-0.15, -0.1) is 0 Å². The minimum Gasteiger partial charge on any atom is -0.356 e. The van der Waals surface area contributed by atoms with Gasteiger partial charge in [0.1, 0.15) is 0 Å². The number of alkyl halides is 3. The van der Waals surface area contributed by atoms with E-state index in [0.29, 0.717) is 11.6 Å². The van der Waals surface area contributed by atoms with E-state index in [-0.39, 0.29) is 24.3 Å². The van der Waals surface area contributed by atoms with Crippen molar-refractivity contribution < 1.29 is 34.8 Å². The number of hydrogen-bond donors (Lipinski definition) is 1. The molecule has 1 N–H and O–H groups in total. The highest BCUT2D eigenvalue weighted by atomic mass is 32.2. The average molecular weight is 492 g/mol. The Labute approximate surface area is 185 Å². The summed E-state index contributed by atoms with van der Waals surface area (Å²) in [4.78, 5) is 11.8. The van der Waals surface area contributed by atoms with Crippen LogP contribution in [-0.4, -0.2) is 40.3 Å². The van der Waals surface area contributed by atoms with Crippen LogP contribution in [0.4, 0.5) is 13.2 Å². The zero-order chi connectivity index (χ0) is 24.4. The van der Waals surface area contributed by atoms with Crippen LogP contribution in [0.25, 0.3) is 0 Å². The molecule has 0 aliphatic rings. The smallest absolute Gasteiger partial charge is 0.356 e. The fourth-order valence-corrected chi connectivity index (χ4v) is 5.17. The Hall–Kier alpha value is -2.40. The van der Waals surface area contributed by atoms with Crippen LogP contribution in [0.1, 0.15) is 31.4 Å². The number of amides is 1. The fraction of sp³-hybridized carbons (Fsp3) is 0.381. The van der Waals surface area contributed by atoms with Gasteiger partial charge in [0.05, 0.1) is 26.5 Å². The zero-order valence-electron chi connectivity index (χ0n) is 17.7. The van der Waals surface area contributed by atoms with Gasteiger partial charge in [0, 0.05) is 12.8 Å². The van der Waals surface area contributed by atoms with Crippen molar-refractivity contribution in [2.45, 2.75) is 47.4 Å². The van der Waals surface area contributed by atoms with E-state index < -0.39 is 47.0 Å². The molecule has 0 unspecified atom stereocenters. The predicted molar refractivity (Wildman–Crippen MR) is 114 cm³/mol. The largest absolute Gasteiger partial charge is 0.416 e. The normalized spacial score (nSPS) is 13.1. The quantitative estimate of drug-likeness (QED) is 0.610. The van der Waals surface area contributed by atoms with Crippen LogP contribution in [0.5, 0.6) is 0 Å². The van der Waals surface area contributed by atoms with Crippen LogP contribution in [0.3, 0.4) is 0 Å². The van der Waals surface area contributed by atoms with E-state index >= 15 is 0 Å². The van der Waals surface area contributed by atoms with E-state index in [0.717, 1.165) is 24.5 Å².